The number of nitrogens with one attached hydrogen (secondary N) is 2. The summed E-state index contributed by atoms with van der Waals surface area (Å²) in [6, 6.07) is -0.176. The predicted octanol–water partition coefficient (Wildman–Crippen LogP) is 0.189. The molecule has 0 saturated carbocycles. The van der Waals surface area contributed by atoms with Crippen LogP contribution in [0.4, 0.5) is 0 Å². The fourth-order valence-electron chi connectivity index (χ4n) is 1.46. The zero-order valence-corrected chi connectivity index (χ0v) is 12.0. The number of rotatable bonds is 6. The largest absolute Gasteiger partial charge is 0.480 e. The van der Waals surface area contributed by atoms with Crippen molar-refractivity contribution in [1.29, 1.82) is 0 Å². The smallest absolute Gasteiger partial charge is 0.354 e. The molecule has 1 heterocycles. The van der Waals surface area contributed by atoms with Crippen LogP contribution in [0.2, 0.25) is 0 Å². The first-order valence-corrected chi connectivity index (χ1v) is 7.19. The van der Waals surface area contributed by atoms with Crippen molar-refractivity contribution < 1.29 is 27.9 Å². The van der Waals surface area contributed by atoms with E-state index in [4.69, 9.17) is 5.11 Å². The summed E-state index contributed by atoms with van der Waals surface area (Å²) >= 11 is 0. The second kappa shape index (κ2) is 6.06. The van der Waals surface area contributed by atoms with Crippen molar-refractivity contribution in [2.75, 3.05) is 7.11 Å². The van der Waals surface area contributed by atoms with E-state index < -0.39 is 33.9 Å². The molecule has 9 heteroatoms. The lowest BCUT2D eigenvalue weighted by atomic mass is 10.1. The highest BCUT2D eigenvalue weighted by Gasteiger charge is 2.29. The number of carbonyl (C=O) groups excluding carboxylic acids is 1. The number of hydrogen-bond donors (Lipinski definition) is 3. The van der Waals surface area contributed by atoms with Crippen molar-refractivity contribution >= 4 is 22.0 Å². The lowest BCUT2D eigenvalue weighted by Gasteiger charge is -2.17. The number of aromatic nitrogens is 1. The average molecular weight is 304 g/mol. The van der Waals surface area contributed by atoms with Crippen molar-refractivity contribution in [2.45, 2.75) is 24.8 Å². The molecule has 0 spiro atoms. The third-order valence-corrected chi connectivity index (χ3v) is 4.01. The number of carboxylic acid groups (broad SMARTS) is 1. The van der Waals surface area contributed by atoms with E-state index in [1.807, 2.05) is 0 Å². The van der Waals surface area contributed by atoms with Crippen molar-refractivity contribution in [3.05, 3.63) is 18.0 Å². The van der Waals surface area contributed by atoms with E-state index in [0.29, 0.717) is 0 Å². The third kappa shape index (κ3) is 3.58. The zero-order valence-electron chi connectivity index (χ0n) is 11.2. The molecule has 3 N–H and O–H groups in total. The molecule has 0 bridgehead atoms. The summed E-state index contributed by atoms with van der Waals surface area (Å²) in [6.45, 7) is 3.16. The molecule has 1 aromatic heterocycles. The van der Waals surface area contributed by atoms with Gasteiger partial charge in [0, 0.05) is 6.20 Å². The van der Waals surface area contributed by atoms with Crippen LogP contribution in [-0.4, -0.2) is 43.6 Å². The second-order valence-electron chi connectivity index (χ2n) is 4.42. The van der Waals surface area contributed by atoms with E-state index >= 15 is 0 Å². The molecular formula is C11H16N2O6S. The van der Waals surface area contributed by atoms with Gasteiger partial charge in [-0.1, -0.05) is 13.8 Å². The molecule has 1 atom stereocenters. The Labute approximate surface area is 116 Å². The predicted molar refractivity (Wildman–Crippen MR) is 68.7 cm³/mol. The van der Waals surface area contributed by atoms with Crippen LogP contribution in [0.3, 0.4) is 0 Å². The SMILES string of the molecule is COC(=O)c1cc(S(=O)(=O)N[C@H](C(=O)O)C(C)C)c[nH]1. The Kier molecular flexibility index (Phi) is 4.90. The number of ether oxygens (including phenoxy) is 1. The standard InChI is InChI=1S/C11H16N2O6S/c1-6(2)9(10(14)15)13-20(17,18)7-4-8(12-5-7)11(16)19-3/h4-6,9,12-13H,1-3H3,(H,14,15)/t9-/m0/s1. The van der Waals surface area contributed by atoms with Gasteiger partial charge in [-0.2, -0.15) is 4.72 Å². The lowest BCUT2D eigenvalue weighted by molar-refractivity contribution is -0.140. The van der Waals surface area contributed by atoms with Gasteiger partial charge < -0.3 is 14.8 Å². The van der Waals surface area contributed by atoms with Gasteiger partial charge in [0.25, 0.3) is 0 Å². The Hall–Kier alpha value is -1.87. The molecule has 112 valence electrons. The molecule has 0 radical (unpaired) electrons. The van der Waals surface area contributed by atoms with Gasteiger partial charge in [-0.05, 0) is 12.0 Å². The topological polar surface area (TPSA) is 126 Å². The first-order chi connectivity index (χ1) is 9.19. The summed E-state index contributed by atoms with van der Waals surface area (Å²) in [7, 11) is -2.88. The van der Waals surface area contributed by atoms with E-state index in [2.05, 4.69) is 14.4 Å². The first-order valence-electron chi connectivity index (χ1n) is 5.71. The second-order valence-corrected chi connectivity index (χ2v) is 6.14. The van der Waals surface area contributed by atoms with E-state index in [0.717, 1.165) is 19.4 Å². The Balaban J connectivity index is 3.02. The van der Waals surface area contributed by atoms with Crippen LogP contribution < -0.4 is 4.72 Å². The normalized spacial score (nSPS) is 13.2. The minimum atomic E-state index is -4.04. The molecule has 0 fully saturated rings. The van der Waals surface area contributed by atoms with Gasteiger partial charge in [0.1, 0.15) is 16.6 Å². The number of hydrogen-bond acceptors (Lipinski definition) is 5. The maximum absolute atomic E-state index is 12.0. The number of carboxylic acids is 1. The summed E-state index contributed by atoms with van der Waals surface area (Å²) in [5, 5.41) is 8.98. The van der Waals surface area contributed by atoms with Crippen LogP contribution in [-0.2, 0) is 19.6 Å². The molecule has 0 aromatic carbocycles. The summed E-state index contributed by atoms with van der Waals surface area (Å²) < 4.78 is 30.6. The van der Waals surface area contributed by atoms with Crippen LogP contribution in [0.1, 0.15) is 24.3 Å². The van der Waals surface area contributed by atoms with Crippen molar-refractivity contribution in [3.63, 3.8) is 0 Å². The Bertz CT molecular complexity index is 604. The van der Waals surface area contributed by atoms with Crippen molar-refractivity contribution in [3.8, 4) is 0 Å². The van der Waals surface area contributed by atoms with E-state index in [1.54, 1.807) is 13.8 Å². The molecule has 0 aliphatic heterocycles. The van der Waals surface area contributed by atoms with Gasteiger partial charge in [-0.15, -0.1) is 0 Å². The number of methoxy groups -OCH3 is 1. The average Bonchev–Trinajstić information content (AvgIpc) is 2.84. The minimum absolute atomic E-state index is 0.0377. The van der Waals surface area contributed by atoms with Gasteiger partial charge in [0.2, 0.25) is 10.0 Å². The van der Waals surface area contributed by atoms with Gasteiger partial charge in [-0.25, -0.2) is 13.2 Å². The van der Waals surface area contributed by atoms with Gasteiger partial charge in [0.15, 0.2) is 0 Å². The molecule has 0 aliphatic carbocycles. The Morgan fingerprint density at radius 2 is 2.00 bits per heavy atom. The Morgan fingerprint density at radius 1 is 1.40 bits per heavy atom. The molecule has 20 heavy (non-hydrogen) atoms. The summed E-state index contributed by atoms with van der Waals surface area (Å²) in [5.74, 6) is -2.42. The van der Waals surface area contributed by atoms with E-state index in [-0.39, 0.29) is 10.6 Å². The molecule has 0 saturated heterocycles. The maximum atomic E-state index is 12.0. The van der Waals surface area contributed by atoms with Crippen molar-refractivity contribution in [1.82, 2.24) is 9.71 Å². The monoisotopic (exact) mass is 304 g/mol. The zero-order chi connectivity index (χ0) is 15.5. The van der Waals surface area contributed by atoms with E-state index in [9.17, 15) is 18.0 Å². The van der Waals surface area contributed by atoms with Crippen LogP contribution in [0.5, 0.6) is 0 Å². The summed E-state index contributed by atoms with van der Waals surface area (Å²) in [5.41, 5.74) is -0.0377. The number of sulfonamides is 1. The van der Waals surface area contributed by atoms with E-state index in [1.165, 1.54) is 0 Å². The molecular weight excluding hydrogens is 288 g/mol. The van der Waals surface area contributed by atoms with Gasteiger partial charge in [0.05, 0.1) is 7.11 Å². The molecule has 0 aliphatic rings. The van der Waals surface area contributed by atoms with Crippen LogP contribution in [0.15, 0.2) is 17.2 Å². The third-order valence-electron chi connectivity index (χ3n) is 2.59. The molecule has 1 aromatic rings. The summed E-state index contributed by atoms with van der Waals surface area (Å²) in [6.07, 6.45) is 1.09. The highest BCUT2D eigenvalue weighted by atomic mass is 32.2. The number of carbonyl (C=O) groups is 2. The first kappa shape index (κ1) is 16.2. The lowest BCUT2D eigenvalue weighted by Crippen LogP contribution is -2.44. The highest BCUT2D eigenvalue weighted by molar-refractivity contribution is 7.89. The maximum Gasteiger partial charge on any atom is 0.354 e. The fraction of sp³-hybridized carbons (Fsp3) is 0.455. The number of aliphatic carboxylic acids is 1. The number of H-pyrrole nitrogens is 1. The van der Waals surface area contributed by atoms with Crippen LogP contribution in [0, 0.1) is 5.92 Å². The highest BCUT2D eigenvalue weighted by Crippen LogP contribution is 2.14. The fourth-order valence-corrected chi connectivity index (χ4v) is 2.79. The quantitative estimate of drug-likeness (QED) is 0.644. The number of aromatic amines is 1. The van der Waals surface area contributed by atoms with Crippen LogP contribution >= 0.6 is 0 Å². The summed E-state index contributed by atoms with van der Waals surface area (Å²) in [4.78, 5) is 24.5. The van der Waals surface area contributed by atoms with Gasteiger partial charge >= 0.3 is 11.9 Å². The molecule has 0 unspecified atom stereocenters. The molecule has 8 nitrogen and oxygen atoms in total. The van der Waals surface area contributed by atoms with Crippen molar-refractivity contribution in [2.24, 2.45) is 5.92 Å². The number of esters is 1. The molecule has 0 amide bonds. The van der Waals surface area contributed by atoms with Crippen LogP contribution in [0.25, 0.3) is 0 Å². The van der Waals surface area contributed by atoms with Gasteiger partial charge in [-0.3, -0.25) is 4.79 Å². The Morgan fingerprint density at radius 3 is 2.45 bits per heavy atom. The minimum Gasteiger partial charge on any atom is -0.480 e. The molecule has 1 rings (SSSR count).